The molecule has 2 aromatic heterocycles. The van der Waals surface area contributed by atoms with E-state index in [2.05, 4.69) is 10.1 Å². The highest BCUT2D eigenvalue weighted by Gasteiger charge is 2.39. The number of ether oxygens (including phenoxy) is 2. The Morgan fingerprint density at radius 1 is 1.06 bits per heavy atom. The lowest BCUT2D eigenvalue weighted by atomic mass is 9.78. The van der Waals surface area contributed by atoms with E-state index in [-0.39, 0.29) is 11.7 Å². The van der Waals surface area contributed by atoms with E-state index in [1.54, 1.807) is 18.0 Å². The van der Waals surface area contributed by atoms with Gasteiger partial charge in [-0.3, -0.25) is 4.79 Å². The number of rotatable bonds is 3. The molecule has 0 fully saturated rings. The lowest BCUT2D eigenvalue weighted by Gasteiger charge is -2.31. The Morgan fingerprint density at radius 3 is 2.72 bits per heavy atom. The summed E-state index contributed by atoms with van der Waals surface area (Å²) in [5.41, 5.74) is 3.90. The number of methoxy groups -OCH3 is 1. The van der Waals surface area contributed by atoms with Gasteiger partial charge in [0.05, 0.1) is 18.2 Å². The van der Waals surface area contributed by atoms with Crippen molar-refractivity contribution in [2.24, 2.45) is 0 Å². The summed E-state index contributed by atoms with van der Waals surface area (Å²) in [6, 6.07) is 17.6. The van der Waals surface area contributed by atoms with Crippen LogP contribution >= 0.6 is 0 Å². The molecule has 3 heterocycles. The molecule has 0 saturated carbocycles. The Balaban J connectivity index is 1.61. The molecule has 2 aromatic carbocycles. The van der Waals surface area contributed by atoms with Crippen LogP contribution in [0.2, 0.25) is 0 Å². The van der Waals surface area contributed by atoms with Crippen LogP contribution < -0.4 is 9.47 Å². The van der Waals surface area contributed by atoms with Crippen LogP contribution in [0.4, 0.5) is 0 Å². The van der Waals surface area contributed by atoms with Gasteiger partial charge in [-0.25, -0.2) is 14.5 Å². The highest BCUT2D eigenvalue weighted by molar-refractivity contribution is 6.00. The minimum Gasteiger partial charge on any atom is -0.496 e. The summed E-state index contributed by atoms with van der Waals surface area (Å²) in [7, 11) is 1.63. The zero-order chi connectivity index (χ0) is 21.7. The molecule has 1 atom stereocenters. The number of hydrogen-bond donors (Lipinski definition) is 0. The normalized spacial score (nSPS) is 17.7. The third-order valence-corrected chi connectivity index (χ3v) is 6.07. The molecule has 0 bridgehead atoms. The Hall–Kier alpha value is -4.00. The Bertz CT molecular complexity index is 1390. The second kappa shape index (κ2) is 7.30. The first kappa shape index (κ1) is 18.7. The predicted octanol–water partition coefficient (Wildman–Crippen LogP) is 4.33. The van der Waals surface area contributed by atoms with Crippen LogP contribution in [0.3, 0.4) is 0 Å². The third-order valence-electron chi connectivity index (χ3n) is 6.07. The number of aromatic nitrogens is 4. The lowest BCUT2D eigenvalue weighted by Crippen LogP contribution is -2.26. The second-order valence-corrected chi connectivity index (χ2v) is 7.93. The van der Waals surface area contributed by atoms with E-state index in [1.165, 1.54) is 0 Å². The number of benzene rings is 2. The van der Waals surface area contributed by atoms with E-state index in [9.17, 15) is 4.79 Å². The number of para-hydroxylation sites is 1. The average molecular weight is 424 g/mol. The van der Waals surface area contributed by atoms with Crippen molar-refractivity contribution >= 4 is 11.4 Å². The maximum Gasteiger partial charge on any atom is 0.228 e. The predicted molar refractivity (Wildman–Crippen MR) is 118 cm³/mol. The van der Waals surface area contributed by atoms with E-state index >= 15 is 0 Å². The molecule has 7 nitrogen and oxygen atoms in total. The fourth-order valence-corrected chi connectivity index (χ4v) is 4.64. The highest BCUT2D eigenvalue weighted by Crippen LogP contribution is 2.47. The summed E-state index contributed by atoms with van der Waals surface area (Å²) in [4.78, 5) is 22.5. The van der Waals surface area contributed by atoms with Gasteiger partial charge in [-0.15, -0.1) is 5.10 Å². The third kappa shape index (κ3) is 2.81. The molecular weight excluding hydrogens is 404 g/mol. The van der Waals surface area contributed by atoms with Gasteiger partial charge in [0.1, 0.15) is 17.8 Å². The molecule has 1 aliphatic carbocycles. The average Bonchev–Trinajstić information content (AvgIpc) is 3.28. The van der Waals surface area contributed by atoms with Gasteiger partial charge in [-0.1, -0.05) is 42.5 Å². The molecule has 0 N–H and O–H groups in total. The number of fused-ring (bicyclic) bond motifs is 3. The first-order chi connectivity index (χ1) is 15.7. The quantitative estimate of drug-likeness (QED) is 0.487. The molecule has 0 spiro atoms. The molecule has 0 radical (unpaired) electrons. The molecule has 0 amide bonds. The second-order valence-electron chi connectivity index (χ2n) is 7.93. The van der Waals surface area contributed by atoms with Crippen LogP contribution in [-0.4, -0.2) is 32.5 Å². The fraction of sp³-hybridized carbons (Fsp3) is 0.200. The van der Waals surface area contributed by atoms with Crippen molar-refractivity contribution in [2.75, 3.05) is 7.11 Å². The van der Waals surface area contributed by atoms with Gasteiger partial charge in [0, 0.05) is 24.3 Å². The Morgan fingerprint density at radius 2 is 1.88 bits per heavy atom. The maximum absolute atomic E-state index is 13.1. The molecule has 0 saturated heterocycles. The standard InChI is InChI=1S/C25H20N4O3/c1-31-18-12-6-5-10-16(18)23-27-24-22-20(15-8-3-2-4-9-15)21-17(30)11-7-13-19(21)32-25(22)26-14-29(24)28-23/h2-6,8-10,12,14,20H,7,11,13H2,1H3/t20-/m1/s1. The van der Waals surface area contributed by atoms with E-state index in [1.807, 2.05) is 54.6 Å². The van der Waals surface area contributed by atoms with Crippen molar-refractivity contribution in [3.8, 4) is 23.0 Å². The van der Waals surface area contributed by atoms with Crippen molar-refractivity contribution < 1.29 is 14.3 Å². The molecule has 2 aliphatic rings. The van der Waals surface area contributed by atoms with E-state index in [0.717, 1.165) is 35.3 Å². The zero-order valence-corrected chi connectivity index (χ0v) is 17.5. The number of carbonyl (C=O) groups excluding carboxylic acids is 1. The molecule has 4 aromatic rings. The van der Waals surface area contributed by atoms with E-state index in [4.69, 9.17) is 14.5 Å². The van der Waals surface area contributed by atoms with Crippen molar-refractivity contribution in [1.29, 1.82) is 0 Å². The van der Waals surface area contributed by atoms with Gasteiger partial charge < -0.3 is 9.47 Å². The molecule has 7 heteroatoms. The van der Waals surface area contributed by atoms with Crippen molar-refractivity contribution in [1.82, 2.24) is 19.6 Å². The topological polar surface area (TPSA) is 78.6 Å². The van der Waals surface area contributed by atoms with Crippen molar-refractivity contribution in [2.45, 2.75) is 25.2 Å². The first-order valence-electron chi connectivity index (χ1n) is 10.6. The van der Waals surface area contributed by atoms with Crippen molar-refractivity contribution in [3.05, 3.63) is 83.4 Å². The smallest absolute Gasteiger partial charge is 0.228 e. The van der Waals surface area contributed by atoms with Crippen LogP contribution in [0.25, 0.3) is 17.0 Å². The maximum atomic E-state index is 13.1. The van der Waals surface area contributed by atoms with Gasteiger partial charge >= 0.3 is 0 Å². The fourth-order valence-electron chi connectivity index (χ4n) is 4.64. The summed E-state index contributed by atoms with van der Waals surface area (Å²) in [6.45, 7) is 0. The van der Waals surface area contributed by atoms with Crippen LogP contribution in [0.5, 0.6) is 11.6 Å². The number of allylic oxidation sites excluding steroid dienone is 2. The molecule has 32 heavy (non-hydrogen) atoms. The minimum absolute atomic E-state index is 0.122. The first-order valence-corrected chi connectivity index (χ1v) is 10.6. The molecule has 1 aliphatic heterocycles. The largest absolute Gasteiger partial charge is 0.496 e. The van der Waals surface area contributed by atoms with Crippen LogP contribution in [0, 0.1) is 0 Å². The number of hydrogen-bond acceptors (Lipinski definition) is 6. The molecule has 158 valence electrons. The van der Waals surface area contributed by atoms with E-state index in [0.29, 0.717) is 35.1 Å². The summed E-state index contributed by atoms with van der Waals surface area (Å²) >= 11 is 0. The molecule has 6 rings (SSSR count). The zero-order valence-electron chi connectivity index (χ0n) is 17.5. The van der Waals surface area contributed by atoms with Gasteiger partial charge in [0.2, 0.25) is 5.88 Å². The summed E-state index contributed by atoms with van der Waals surface area (Å²) < 4.78 is 13.3. The summed E-state index contributed by atoms with van der Waals surface area (Å²) in [5, 5.41) is 4.66. The van der Waals surface area contributed by atoms with Crippen LogP contribution in [0.15, 0.2) is 72.3 Å². The number of Topliss-reactive ketones (excluding diaryl/α,β-unsaturated/α-hetero) is 1. The summed E-state index contributed by atoms with van der Waals surface area (Å²) in [5.74, 6) is 2.25. The van der Waals surface area contributed by atoms with Gasteiger partial charge in [-0.05, 0) is 24.1 Å². The Labute approximate surface area is 184 Å². The molecule has 0 unspecified atom stereocenters. The number of carbonyl (C=O) groups is 1. The highest BCUT2D eigenvalue weighted by atomic mass is 16.5. The van der Waals surface area contributed by atoms with Gasteiger partial charge in [0.15, 0.2) is 17.3 Å². The monoisotopic (exact) mass is 424 g/mol. The van der Waals surface area contributed by atoms with Crippen molar-refractivity contribution in [3.63, 3.8) is 0 Å². The molecular formula is C25H20N4O3. The number of ketones is 1. The SMILES string of the molecule is COc1ccccc1-c1nc2c3c(ncn2n1)OC1=C(C(=O)CCC1)[C@H]3c1ccccc1. The van der Waals surface area contributed by atoms with Gasteiger partial charge in [-0.2, -0.15) is 0 Å². The number of nitrogens with zero attached hydrogens (tertiary/aromatic N) is 4. The van der Waals surface area contributed by atoms with Crippen LogP contribution in [0.1, 0.15) is 36.3 Å². The van der Waals surface area contributed by atoms with Gasteiger partial charge in [0.25, 0.3) is 0 Å². The minimum atomic E-state index is -0.298. The van der Waals surface area contributed by atoms with E-state index < -0.39 is 0 Å². The Kier molecular flexibility index (Phi) is 4.28. The summed E-state index contributed by atoms with van der Waals surface area (Å²) in [6.07, 6.45) is 3.66. The lowest BCUT2D eigenvalue weighted by molar-refractivity contribution is -0.116. The van der Waals surface area contributed by atoms with Crippen LogP contribution in [-0.2, 0) is 4.79 Å².